The second-order valence-electron chi connectivity index (χ2n) is 6.18. The van der Waals surface area contributed by atoms with E-state index in [4.69, 9.17) is 10.5 Å². The molecule has 0 amide bonds. The predicted octanol–water partition coefficient (Wildman–Crippen LogP) is 3.33. The van der Waals surface area contributed by atoms with Crippen molar-refractivity contribution in [2.24, 2.45) is 5.73 Å². The highest BCUT2D eigenvalue weighted by atomic mass is 19.1. The van der Waals surface area contributed by atoms with Gasteiger partial charge in [-0.3, -0.25) is 4.90 Å². The molecule has 2 aromatic carbocycles. The van der Waals surface area contributed by atoms with E-state index in [1.165, 1.54) is 17.7 Å². The Morgan fingerprint density at radius 3 is 2.52 bits per heavy atom. The van der Waals surface area contributed by atoms with E-state index in [0.717, 1.165) is 43.8 Å². The maximum absolute atomic E-state index is 12.9. The van der Waals surface area contributed by atoms with Crippen LogP contribution in [0.5, 0.6) is 5.75 Å². The largest absolute Gasteiger partial charge is 0.489 e. The van der Waals surface area contributed by atoms with Gasteiger partial charge in [0.05, 0.1) is 0 Å². The summed E-state index contributed by atoms with van der Waals surface area (Å²) in [4.78, 5) is 2.43. The lowest BCUT2D eigenvalue weighted by molar-refractivity contribution is 0.205. The number of nitrogens with two attached hydrogens (primary N) is 1. The quantitative estimate of drug-likeness (QED) is 0.920. The van der Waals surface area contributed by atoms with E-state index in [1.807, 2.05) is 12.1 Å². The van der Waals surface area contributed by atoms with Gasteiger partial charge in [-0.2, -0.15) is 0 Å². The van der Waals surface area contributed by atoms with Gasteiger partial charge in [-0.05, 0) is 61.3 Å². The number of hydrogen-bond acceptors (Lipinski definition) is 3. The van der Waals surface area contributed by atoms with Crippen molar-refractivity contribution in [1.29, 1.82) is 0 Å². The number of benzene rings is 2. The number of halogens is 1. The summed E-state index contributed by atoms with van der Waals surface area (Å²) in [5.74, 6) is 0.623. The smallest absolute Gasteiger partial charge is 0.123 e. The average molecular weight is 314 g/mol. The summed E-state index contributed by atoms with van der Waals surface area (Å²) in [5.41, 5.74) is 8.16. The second-order valence-corrected chi connectivity index (χ2v) is 6.18. The maximum atomic E-state index is 12.9. The third-order valence-electron chi connectivity index (χ3n) is 4.26. The molecule has 2 N–H and O–H groups in total. The SMILES string of the molecule is NC1CCN(Cc2cccc(OCc3ccc(F)cc3)c2)CC1. The van der Waals surface area contributed by atoms with E-state index in [-0.39, 0.29) is 5.82 Å². The van der Waals surface area contributed by atoms with Crippen molar-refractivity contribution in [3.63, 3.8) is 0 Å². The topological polar surface area (TPSA) is 38.5 Å². The van der Waals surface area contributed by atoms with Gasteiger partial charge in [-0.15, -0.1) is 0 Å². The van der Waals surface area contributed by atoms with Crippen molar-refractivity contribution in [2.75, 3.05) is 13.1 Å². The summed E-state index contributed by atoms with van der Waals surface area (Å²) < 4.78 is 18.7. The molecule has 1 heterocycles. The van der Waals surface area contributed by atoms with Gasteiger partial charge in [0.25, 0.3) is 0 Å². The number of likely N-dealkylation sites (tertiary alicyclic amines) is 1. The molecule has 4 heteroatoms. The molecule has 2 aromatic rings. The summed E-state index contributed by atoms with van der Waals surface area (Å²) in [6.45, 7) is 3.49. The molecule has 0 atom stereocenters. The summed E-state index contributed by atoms with van der Waals surface area (Å²) in [6.07, 6.45) is 2.14. The van der Waals surface area contributed by atoms with E-state index in [2.05, 4.69) is 17.0 Å². The molecule has 0 radical (unpaired) electrons. The molecule has 122 valence electrons. The van der Waals surface area contributed by atoms with Crippen molar-refractivity contribution in [3.05, 3.63) is 65.5 Å². The Labute approximate surface area is 136 Å². The van der Waals surface area contributed by atoms with E-state index in [1.54, 1.807) is 12.1 Å². The van der Waals surface area contributed by atoms with Gasteiger partial charge in [0.15, 0.2) is 0 Å². The van der Waals surface area contributed by atoms with Gasteiger partial charge < -0.3 is 10.5 Å². The molecule has 0 bridgehead atoms. The van der Waals surface area contributed by atoms with Gasteiger partial charge >= 0.3 is 0 Å². The predicted molar refractivity (Wildman–Crippen MR) is 89.7 cm³/mol. The lowest BCUT2D eigenvalue weighted by atomic mass is 10.1. The normalized spacial score (nSPS) is 16.4. The van der Waals surface area contributed by atoms with Crippen molar-refractivity contribution >= 4 is 0 Å². The Kier molecular flexibility index (Phi) is 5.26. The van der Waals surface area contributed by atoms with Crippen molar-refractivity contribution < 1.29 is 9.13 Å². The van der Waals surface area contributed by atoms with E-state index >= 15 is 0 Å². The van der Waals surface area contributed by atoms with Crippen molar-refractivity contribution in [2.45, 2.75) is 32.0 Å². The van der Waals surface area contributed by atoms with Gasteiger partial charge in [0.1, 0.15) is 18.2 Å². The molecule has 1 fully saturated rings. The molecule has 1 aliphatic heterocycles. The molecule has 0 aromatic heterocycles. The zero-order valence-corrected chi connectivity index (χ0v) is 13.2. The minimum absolute atomic E-state index is 0.225. The molecule has 1 saturated heterocycles. The first kappa shape index (κ1) is 16.0. The Bertz CT molecular complexity index is 622. The Hall–Kier alpha value is -1.91. The summed E-state index contributed by atoms with van der Waals surface area (Å²) >= 11 is 0. The molecule has 0 aliphatic carbocycles. The van der Waals surface area contributed by atoms with Crippen LogP contribution in [-0.4, -0.2) is 24.0 Å². The second kappa shape index (κ2) is 7.57. The van der Waals surface area contributed by atoms with E-state index < -0.39 is 0 Å². The molecule has 3 rings (SSSR count). The molecular formula is C19H23FN2O. The number of piperidine rings is 1. The number of rotatable bonds is 5. The third kappa shape index (κ3) is 4.78. The van der Waals surface area contributed by atoms with Crippen LogP contribution >= 0.6 is 0 Å². The third-order valence-corrected chi connectivity index (χ3v) is 4.26. The molecule has 0 saturated carbocycles. The number of hydrogen-bond donors (Lipinski definition) is 1. The Balaban J connectivity index is 1.55. The van der Waals surface area contributed by atoms with Gasteiger partial charge in [-0.1, -0.05) is 24.3 Å². The van der Waals surface area contributed by atoms with Crippen LogP contribution < -0.4 is 10.5 Å². The molecule has 23 heavy (non-hydrogen) atoms. The van der Waals surface area contributed by atoms with Crippen LogP contribution in [0.15, 0.2) is 48.5 Å². The van der Waals surface area contributed by atoms with Gasteiger partial charge in [0.2, 0.25) is 0 Å². The lowest BCUT2D eigenvalue weighted by Gasteiger charge is -2.30. The van der Waals surface area contributed by atoms with Gasteiger partial charge in [-0.25, -0.2) is 4.39 Å². The number of ether oxygens (including phenoxy) is 1. The fourth-order valence-corrected chi connectivity index (χ4v) is 2.85. The lowest BCUT2D eigenvalue weighted by Crippen LogP contribution is -2.39. The van der Waals surface area contributed by atoms with Gasteiger partial charge in [0, 0.05) is 12.6 Å². The first-order valence-electron chi connectivity index (χ1n) is 8.13. The summed E-state index contributed by atoms with van der Waals surface area (Å²) in [6, 6.07) is 14.9. The zero-order chi connectivity index (χ0) is 16.1. The van der Waals surface area contributed by atoms with E-state index in [9.17, 15) is 4.39 Å². The molecule has 0 unspecified atom stereocenters. The van der Waals surface area contributed by atoms with Crippen molar-refractivity contribution in [3.8, 4) is 5.75 Å². The summed E-state index contributed by atoms with van der Waals surface area (Å²) in [7, 11) is 0. The highest BCUT2D eigenvalue weighted by molar-refractivity contribution is 5.29. The fraction of sp³-hybridized carbons (Fsp3) is 0.368. The van der Waals surface area contributed by atoms with Crippen LogP contribution in [0, 0.1) is 5.82 Å². The fourth-order valence-electron chi connectivity index (χ4n) is 2.85. The minimum Gasteiger partial charge on any atom is -0.489 e. The van der Waals surface area contributed by atoms with Crippen LogP contribution in [0.25, 0.3) is 0 Å². The highest BCUT2D eigenvalue weighted by Crippen LogP contribution is 2.18. The minimum atomic E-state index is -0.225. The standard InChI is InChI=1S/C19H23FN2O/c20-17-6-4-15(5-7-17)14-23-19-3-1-2-16(12-19)13-22-10-8-18(21)9-11-22/h1-7,12,18H,8-11,13-14,21H2. The van der Waals surface area contributed by atoms with Crippen LogP contribution in [0.1, 0.15) is 24.0 Å². The van der Waals surface area contributed by atoms with Crippen LogP contribution in [0.3, 0.4) is 0 Å². The molecular weight excluding hydrogens is 291 g/mol. The van der Waals surface area contributed by atoms with E-state index in [0.29, 0.717) is 12.6 Å². The Morgan fingerprint density at radius 1 is 1.04 bits per heavy atom. The molecule has 1 aliphatic rings. The monoisotopic (exact) mass is 314 g/mol. The number of nitrogens with zero attached hydrogens (tertiary/aromatic N) is 1. The maximum Gasteiger partial charge on any atom is 0.123 e. The van der Waals surface area contributed by atoms with Crippen LogP contribution in [0.4, 0.5) is 4.39 Å². The Morgan fingerprint density at radius 2 is 1.78 bits per heavy atom. The zero-order valence-electron chi connectivity index (χ0n) is 13.2. The van der Waals surface area contributed by atoms with Crippen LogP contribution in [-0.2, 0) is 13.2 Å². The molecule has 3 nitrogen and oxygen atoms in total. The highest BCUT2D eigenvalue weighted by Gasteiger charge is 2.16. The first-order valence-corrected chi connectivity index (χ1v) is 8.13. The average Bonchev–Trinajstić information content (AvgIpc) is 2.57. The molecule has 0 spiro atoms. The van der Waals surface area contributed by atoms with Crippen molar-refractivity contribution in [1.82, 2.24) is 4.90 Å². The first-order chi connectivity index (χ1) is 11.2. The summed E-state index contributed by atoms with van der Waals surface area (Å²) in [5, 5.41) is 0. The van der Waals surface area contributed by atoms with Crippen LogP contribution in [0.2, 0.25) is 0 Å².